The molecule has 2 rings (SSSR count). The van der Waals surface area contributed by atoms with E-state index in [0.717, 1.165) is 4.90 Å². The fourth-order valence-corrected chi connectivity index (χ4v) is 3.17. The standard InChI is InChI=1S/C15H18BrNO5/c1-14(2,3)22-13(21)17-10-6-4-5-9(16)11(10)15(7-18,8-19)12(17)20/h4-6,18-19H,7-8H2,1-3H3. The fraction of sp³-hybridized carbons (Fsp3) is 0.467. The van der Waals surface area contributed by atoms with Gasteiger partial charge in [-0.05, 0) is 32.9 Å². The molecule has 1 aliphatic heterocycles. The van der Waals surface area contributed by atoms with Crippen LogP contribution in [-0.2, 0) is 14.9 Å². The van der Waals surface area contributed by atoms with Gasteiger partial charge in [-0.2, -0.15) is 0 Å². The van der Waals surface area contributed by atoms with Gasteiger partial charge in [-0.1, -0.05) is 22.0 Å². The van der Waals surface area contributed by atoms with Crippen molar-refractivity contribution in [1.29, 1.82) is 0 Å². The molecule has 0 aliphatic carbocycles. The number of hydrogen-bond donors (Lipinski definition) is 2. The number of carbonyl (C=O) groups is 2. The van der Waals surface area contributed by atoms with Crippen LogP contribution in [-0.4, -0.2) is 41.0 Å². The van der Waals surface area contributed by atoms with E-state index in [0.29, 0.717) is 15.7 Å². The molecule has 6 nitrogen and oxygen atoms in total. The van der Waals surface area contributed by atoms with Crippen LogP contribution in [0.5, 0.6) is 0 Å². The number of amides is 2. The molecule has 22 heavy (non-hydrogen) atoms. The summed E-state index contributed by atoms with van der Waals surface area (Å²) in [4.78, 5) is 26.0. The summed E-state index contributed by atoms with van der Waals surface area (Å²) in [6.07, 6.45) is -0.833. The molecule has 2 amide bonds. The first kappa shape index (κ1) is 16.9. The molecule has 0 aromatic heterocycles. The van der Waals surface area contributed by atoms with Crippen LogP contribution in [0.3, 0.4) is 0 Å². The van der Waals surface area contributed by atoms with E-state index in [-0.39, 0.29) is 0 Å². The maximum Gasteiger partial charge on any atom is 0.421 e. The van der Waals surface area contributed by atoms with Crippen molar-refractivity contribution in [3.8, 4) is 0 Å². The van der Waals surface area contributed by atoms with E-state index in [9.17, 15) is 19.8 Å². The smallest absolute Gasteiger partial charge is 0.421 e. The molecule has 0 atom stereocenters. The highest BCUT2D eigenvalue weighted by Crippen LogP contribution is 2.45. The van der Waals surface area contributed by atoms with Crippen molar-refractivity contribution in [2.45, 2.75) is 31.8 Å². The molecule has 7 heteroatoms. The minimum atomic E-state index is -1.56. The van der Waals surface area contributed by atoms with E-state index in [2.05, 4.69) is 15.9 Å². The molecule has 0 unspecified atom stereocenters. The Labute approximate surface area is 136 Å². The van der Waals surface area contributed by atoms with Gasteiger partial charge in [0.2, 0.25) is 0 Å². The van der Waals surface area contributed by atoms with Crippen molar-refractivity contribution >= 4 is 33.6 Å². The molecule has 0 spiro atoms. The molecule has 1 aromatic carbocycles. The number of aliphatic hydroxyl groups excluding tert-OH is 2. The van der Waals surface area contributed by atoms with Gasteiger partial charge >= 0.3 is 6.09 Å². The van der Waals surface area contributed by atoms with Crippen molar-refractivity contribution in [2.24, 2.45) is 0 Å². The normalized spacial score (nSPS) is 16.6. The van der Waals surface area contributed by atoms with Gasteiger partial charge < -0.3 is 14.9 Å². The number of carbonyl (C=O) groups excluding carboxylic acids is 2. The number of halogens is 1. The first-order valence-electron chi connectivity index (χ1n) is 6.76. The minimum Gasteiger partial charge on any atom is -0.443 e. The van der Waals surface area contributed by atoms with E-state index in [1.54, 1.807) is 39.0 Å². The van der Waals surface area contributed by atoms with Gasteiger partial charge in [-0.3, -0.25) is 4.79 Å². The highest BCUT2D eigenvalue weighted by molar-refractivity contribution is 9.10. The molecule has 0 fully saturated rings. The van der Waals surface area contributed by atoms with Crippen LogP contribution in [0.1, 0.15) is 26.3 Å². The van der Waals surface area contributed by atoms with Crippen molar-refractivity contribution in [3.05, 3.63) is 28.2 Å². The van der Waals surface area contributed by atoms with Crippen LogP contribution in [0.4, 0.5) is 10.5 Å². The number of ether oxygens (including phenoxy) is 1. The van der Waals surface area contributed by atoms with Crippen LogP contribution in [0.15, 0.2) is 22.7 Å². The molecule has 1 heterocycles. The summed E-state index contributed by atoms with van der Waals surface area (Å²) in [6, 6.07) is 4.93. The second kappa shape index (κ2) is 5.64. The zero-order valence-corrected chi connectivity index (χ0v) is 14.2. The Morgan fingerprint density at radius 3 is 2.41 bits per heavy atom. The summed E-state index contributed by atoms with van der Waals surface area (Å²) in [5.41, 5.74) is -1.65. The summed E-state index contributed by atoms with van der Waals surface area (Å²) >= 11 is 3.32. The van der Waals surface area contributed by atoms with E-state index >= 15 is 0 Å². The summed E-state index contributed by atoms with van der Waals surface area (Å²) in [7, 11) is 0. The predicted octanol–water partition coefficient (Wildman–Crippen LogP) is 1.95. The first-order chi connectivity index (χ1) is 10.2. The number of nitrogens with zero attached hydrogens (tertiary/aromatic N) is 1. The lowest BCUT2D eigenvalue weighted by Gasteiger charge is -2.26. The summed E-state index contributed by atoms with van der Waals surface area (Å²) in [5, 5.41) is 19.4. The van der Waals surface area contributed by atoms with Gasteiger partial charge in [0.15, 0.2) is 0 Å². The average Bonchev–Trinajstić information content (AvgIpc) is 2.67. The van der Waals surface area contributed by atoms with Crippen LogP contribution < -0.4 is 4.90 Å². The summed E-state index contributed by atoms with van der Waals surface area (Å²) in [6.45, 7) is 3.85. The Morgan fingerprint density at radius 1 is 1.32 bits per heavy atom. The summed E-state index contributed by atoms with van der Waals surface area (Å²) in [5.74, 6) is -0.700. The molecule has 0 bridgehead atoms. The van der Waals surface area contributed by atoms with E-state index in [1.807, 2.05) is 0 Å². The number of fused-ring (bicyclic) bond motifs is 1. The molecule has 2 N–H and O–H groups in total. The lowest BCUT2D eigenvalue weighted by Crippen LogP contribution is -2.49. The lowest BCUT2D eigenvalue weighted by atomic mass is 9.83. The first-order valence-corrected chi connectivity index (χ1v) is 7.55. The van der Waals surface area contributed by atoms with Crippen molar-refractivity contribution < 1.29 is 24.5 Å². The van der Waals surface area contributed by atoms with Gasteiger partial charge in [0.25, 0.3) is 5.91 Å². The van der Waals surface area contributed by atoms with Gasteiger partial charge in [0, 0.05) is 10.0 Å². The molecule has 0 radical (unpaired) electrons. The zero-order chi connectivity index (χ0) is 16.7. The third kappa shape index (κ3) is 2.53. The number of imide groups is 1. The van der Waals surface area contributed by atoms with E-state index < -0.39 is 36.2 Å². The molecular weight excluding hydrogens is 354 g/mol. The Bertz CT molecular complexity index is 619. The predicted molar refractivity (Wildman–Crippen MR) is 83.7 cm³/mol. The van der Waals surface area contributed by atoms with Crippen molar-refractivity contribution in [3.63, 3.8) is 0 Å². The highest BCUT2D eigenvalue weighted by atomic mass is 79.9. The maximum absolute atomic E-state index is 12.7. The molecule has 0 saturated heterocycles. The van der Waals surface area contributed by atoms with Crippen molar-refractivity contribution in [2.75, 3.05) is 18.1 Å². The third-order valence-electron chi connectivity index (χ3n) is 3.44. The summed E-state index contributed by atoms with van der Waals surface area (Å²) < 4.78 is 5.79. The minimum absolute atomic E-state index is 0.303. The molecule has 120 valence electrons. The average molecular weight is 372 g/mol. The van der Waals surface area contributed by atoms with E-state index in [4.69, 9.17) is 4.74 Å². The molecular formula is C15H18BrNO5. The maximum atomic E-state index is 12.7. The monoisotopic (exact) mass is 371 g/mol. The number of aliphatic hydroxyl groups is 2. The van der Waals surface area contributed by atoms with Gasteiger partial charge in [0.05, 0.1) is 18.9 Å². The van der Waals surface area contributed by atoms with Gasteiger partial charge in [-0.15, -0.1) is 0 Å². The molecule has 1 aromatic rings. The molecule has 0 saturated carbocycles. The largest absolute Gasteiger partial charge is 0.443 e. The zero-order valence-electron chi connectivity index (χ0n) is 12.6. The van der Waals surface area contributed by atoms with Crippen LogP contribution in [0, 0.1) is 0 Å². The topological polar surface area (TPSA) is 87.1 Å². The third-order valence-corrected chi connectivity index (χ3v) is 4.10. The Morgan fingerprint density at radius 2 is 1.91 bits per heavy atom. The van der Waals surface area contributed by atoms with Gasteiger partial charge in [0.1, 0.15) is 11.0 Å². The van der Waals surface area contributed by atoms with Gasteiger partial charge in [-0.25, -0.2) is 9.69 Å². The highest BCUT2D eigenvalue weighted by Gasteiger charge is 2.54. The SMILES string of the molecule is CC(C)(C)OC(=O)N1C(=O)C(CO)(CO)c2c(Br)cccc21. The quantitative estimate of drug-likeness (QED) is 0.829. The van der Waals surface area contributed by atoms with Crippen LogP contribution >= 0.6 is 15.9 Å². The number of benzene rings is 1. The fourth-order valence-electron chi connectivity index (χ4n) is 2.44. The second-order valence-electron chi connectivity index (χ2n) is 6.15. The Hall–Kier alpha value is -1.44. The number of anilines is 1. The lowest BCUT2D eigenvalue weighted by molar-refractivity contribution is -0.126. The molecule has 1 aliphatic rings. The van der Waals surface area contributed by atoms with Crippen LogP contribution in [0.25, 0.3) is 0 Å². The van der Waals surface area contributed by atoms with Crippen LogP contribution in [0.2, 0.25) is 0 Å². The Kier molecular flexibility index (Phi) is 4.34. The van der Waals surface area contributed by atoms with E-state index in [1.165, 1.54) is 0 Å². The number of rotatable bonds is 2. The number of hydrogen-bond acceptors (Lipinski definition) is 5. The van der Waals surface area contributed by atoms with Crippen molar-refractivity contribution in [1.82, 2.24) is 0 Å². The second-order valence-corrected chi connectivity index (χ2v) is 7.01. The Balaban J connectivity index is 2.59.